The number of ether oxygens (including phenoxy) is 4. The molecule has 0 saturated carbocycles. The zero-order valence-corrected chi connectivity index (χ0v) is 37.3. The molecule has 4 aromatic carbocycles. The Morgan fingerprint density at radius 1 is 0.614 bits per heavy atom. The smallest absolute Gasteiger partial charge is 0.183 e. The fourth-order valence-corrected chi connectivity index (χ4v) is 7.50. The molecule has 4 aliphatic rings. The summed E-state index contributed by atoms with van der Waals surface area (Å²) >= 11 is 3.48. The molecule has 0 unspecified atom stereocenters. The number of rotatable bonds is 4. The highest BCUT2D eigenvalue weighted by atomic mass is 79.9. The lowest BCUT2D eigenvalue weighted by Gasteiger charge is -2.23. The van der Waals surface area contributed by atoms with Crippen molar-refractivity contribution in [2.24, 2.45) is 0 Å². The Morgan fingerprint density at radius 3 is 1.51 bits per heavy atom. The van der Waals surface area contributed by atoms with Crippen LogP contribution in [-0.2, 0) is 31.8 Å². The summed E-state index contributed by atoms with van der Waals surface area (Å²) in [5.41, 5.74) is 16.7. The van der Waals surface area contributed by atoms with Crippen LogP contribution in [-0.4, -0.2) is 42.6 Å². The van der Waals surface area contributed by atoms with E-state index in [2.05, 4.69) is 115 Å². The summed E-state index contributed by atoms with van der Waals surface area (Å²) in [7, 11) is -2.51. The van der Waals surface area contributed by atoms with Gasteiger partial charge in [0.05, 0.1) is 26.4 Å². The van der Waals surface area contributed by atoms with Crippen LogP contribution in [0.4, 0.5) is 8.78 Å². The molecule has 2 saturated heterocycles. The number of terminal acetylenes is 1. The van der Waals surface area contributed by atoms with Gasteiger partial charge in [-0.25, -0.2) is 8.78 Å². The molecule has 2 heterocycles. The van der Waals surface area contributed by atoms with E-state index >= 15 is 0 Å². The Labute approximate surface area is 347 Å². The summed E-state index contributed by atoms with van der Waals surface area (Å²) in [4.78, 5) is 0. The first-order valence-electron chi connectivity index (χ1n) is 19.6. The second-order valence-electron chi connectivity index (χ2n) is 16.7. The van der Waals surface area contributed by atoms with Crippen molar-refractivity contribution in [3.05, 3.63) is 139 Å². The maximum Gasteiger partial charge on any atom is 0.183 e. The second-order valence-corrected chi connectivity index (χ2v) is 27.1. The molecule has 9 heteroatoms. The zero-order valence-electron chi connectivity index (χ0n) is 33.7. The summed E-state index contributed by atoms with van der Waals surface area (Å²) < 4.78 is 52.7. The maximum atomic E-state index is 14.8. The van der Waals surface area contributed by atoms with Crippen molar-refractivity contribution in [2.75, 3.05) is 26.4 Å². The van der Waals surface area contributed by atoms with Crippen LogP contribution in [0.25, 0.3) is 23.3 Å². The molecule has 0 aromatic heterocycles. The van der Waals surface area contributed by atoms with Crippen LogP contribution in [0.15, 0.2) is 77.3 Å². The van der Waals surface area contributed by atoms with Crippen molar-refractivity contribution in [2.45, 2.75) is 77.5 Å². The van der Waals surface area contributed by atoms with Gasteiger partial charge in [0, 0.05) is 32.3 Å². The number of hydrogen-bond acceptors (Lipinski definition) is 4. The van der Waals surface area contributed by atoms with Crippen molar-refractivity contribution in [1.29, 1.82) is 0 Å². The van der Waals surface area contributed by atoms with E-state index in [9.17, 15) is 8.78 Å². The van der Waals surface area contributed by atoms with Gasteiger partial charge in [-0.1, -0.05) is 110 Å². The molecule has 0 N–H and O–H groups in total. The molecule has 0 atom stereocenters. The topological polar surface area (TPSA) is 36.9 Å². The first kappa shape index (κ1) is 42.7. The molecule has 4 nitrogen and oxygen atoms in total. The van der Waals surface area contributed by atoms with E-state index in [1.165, 1.54) is 17.2 Å². The highest BCUT2D eigenvalue weighted by Crippen LogP contribution is 2.37. The Kier molecular flexibility index (Phi) is 14.1. The zero-order chi connectivity index (χ0) is 40.7. The molecule has 0 spiro atoms. The van der Waals surface area contributed by atoms with Gasteiger partial charge in [0.1, 0.15) is 27.8 Å². The highest BCUT2D eigenvalue weighted by Gasteiger charge is 2.23. The molecule has 0 amide bonds. The fourth-order valence-electron chi connectivity index (χ4n) is 6.58. The maximum absolute atomic E-state index is 14.8. The summed E-state index contributed by atoms with van der Waals surface area (Å²) in [6.07, 6.45) is 11.6. The van der Waals surface area contributed by atoms with Crippen LogP contribution in [0.5, 0.6) is 0 Å². The third kappa shape index (κ3) is 11.8. The first-order chi connectivity index (χ1) is 27.2. The van der Waals surface area contributed by atoms with E-state index < -0.39 is 28.7 Å². The molecule has 4 aromatic rings. The van der Waals surface area contributed by atoms with Gasteiger partial charge in [0.15, 0.2) is 12.6 Å². The molecular weight excluding hydrogens is 815 g/mol. The van der Waals surface area contributed by atoms with Crippen LogP contribution in [0.3, 0.4) is 0 Å². The molecule has 57 heavy (non-hydrogen) atoms. The normalized spacial score (nSPS) is 16.6. The minimum atomic E-state index is -1.40. The Morgan fingerprint density at radius 2 is 1.07 bits per heavy atom. The predicted molar refractivity (Wildman–Crippen MR) is 237 cm³/mol. The fraction of sp³-hybridized carbons (Fsp3) is 0.333. The summed E-state index contributed by atoms with van der Waals surface area (Å²) in [6, 6.07) is 23.0. The predicted octanol–water partition coefficient (Wildman–Crippen LogP) is 12.2. The largest absolute Gasteiger partial charge is 0.348 e. The molecule has 2 fully saturated rings. The monoisotopic (exact) mass is 864 g/mol. The molecule has 0 bridgehead atoms. The minimum absolute atomic E-state index is 0.224. The molecule has 296 valence electrons. The van der Waals surface area contributed by atoms with Crippen LogP contribution >= 0.6 is 15.9 Å². The number of fused-ring (bicyclic) bond motifs is 2. The molecule has 2 aliphatic heterocycles. The number of hydrogen-bond donors (Lipinski definition) is 0. The number of halogens is 3. The standard InChI is InChI=1S/C24H25FO2Si.C19H16BrFO2.C5H10Si/c1-28(2,3)12-9-17-5-6-18-14-21(15-20(18)13-17)22-8-7-19(16-23(22)25)24-26-10-4-11-27-24;20-16-4-2-12-8-15(9-14(12)10-16)17-5-3-13(11-18(17)21)19-22-6-1-7-23-19;1-5-6(2,3)4/h5-8,13-14,16,24H,4,10-11,15H2,1-3H3;2-5,8,10-11,19H,1,6-7,9H2;1H,2-4H3. The molecule has 0 radical (unpaired) electrons. The van der Waals surface area contributed by atoms with Crippen molar-refractivity contribution in [3.8, 4) is 23.4 Å². The summed E-state index contributed by atoms with van der Waals surface area (Å²) in [6.45, 7) is 15.8. The number of allylic oxidation sites excluding steroid dienone is 2. The van der Waals surface area contributed by atoms with Gasteiger partial charge >= 0.3 is 0 Å². The highest BCUT2D eigenvalue weighted by molar-refractivity contribution is 9.10. The average molecular weight is 866 g/mol. The van der Waals surface area contributed by atoms with Crippen molar-refractivity contribution in [1.82, 2.24) is 0 Å². The van der Waals surface area contributed by atoms with Crippen molar-refractivity contribution in [3.63, 3.8) is 0 Å². The minimum Gasteiger partial charge on any atom is -0.348 e. The van der Waals surface area contributed by atoms with Gasteiger partial charge in [0.2, 0.25) is 0 Å². The lowest BCUT2D eigenvalue weighted by molar-refractivity contribution is -0.183. The molecule has 8 rings (SSSR count). The quantitative estimate of drug-likeness (QED) is 0.151. The van der Waals surface area contributed by atoms with E-state index in [1.54, 1.807) is 6.07 Å². The number of benzene rings is 4. The van der Waals surface area contributed by atoms with Gasteiger partial charge in [-0.2, -0.15) is 0 Å². The van der Waals surface area contributed by atoms with Crippen molar-refractivity contribution < 1.29 is 27.7 Å². The molecular formula is C48H51BrF2O4Si2. The van der Waals surface area contributed by atoms with Gasteiger partial charge < -0.3 is 18.9 Å². The third-order valence-corrected chi connectivity index (χ3v) is 11.8. The summed E-state index contributed by atoms with van der Waals surface area (Å²) in [5.74, 6) is 2.86. The molecule has 2 aliphatic carbocycles. The van der Waals surface area contributed by atoms with Crippen LogP contribution in [0.2, 0.25) is 39.3 Å². The van der Waals surface area contributed by atoms with Crippen LogP contribution in [0, 0.1) is 35.1 Å². The van der Waals surface area contributed by atoms with Gasteiger partial charge in [0.25, 0.3) is 0 Å². The van der Waals surface area contributed by atoms with E-state index in [-0.39, 0.29) is 11.6 Å². The van der Waals surface area contributed by atoms with E-state index in [0.29, 0.717) is 37.6 Å². The van der Waals surface area contributed by atoms with Crippen LogP contribution in [0.1, 0.15) is 75.5 Å². The van der Waals surface area contributed by atoms with Crippen LogP contribution < -0.4 is 0 Å². The first-order valence-corrected chi connectivity index (χ1v) is 27.3. The Bertz CT molecular complexity index is 2260. The van der Waals surface area contributed by atoms with Gasteiger partial charge in [-0.05, 0) is 95.5 Å². The van der Waals surface area contributed by atoms with Crippen molar-refractivity contribution >= 4 is 55.4 Å². The lowest BCUT2D eigenvalue weighted by Crippen LogP contribution is -2.17. The van der Waals surface area contributed by atoms with Gasteiger partial charge in [-0.15, -0.1) is 17.5 Å². The van der Waals surface area contributed by atoms with E-state index in [0.717, 1.165) is 69.1 Å². The SMILES string of the molecule is C#C[Si](C)(C)C.C[Si](C)(C)C#Cc1ccc2c(c1)CC(c1ccc(C3OCCCO3)cc1F)=C2.Fc1cc(C2OCCCO2)ccc1C1=Cc2ccc(Br)cc2C1. The van der Waals surface area contributed by atoms with E-state index in [1.807, 2.05) is 30.3 Å². The van der Waals surface area contributed by atoms with Gasteiger partial charge in [-0.3, -0.25) is 0 Å². The Hall–Kier alpha value is -3.91. The average Bonchev–Trinajstić information content (AvgIpc) is 3.81. The third-order valence-electron chi connectivity index (χ3n) is 9.56. The second kappa shape index (κ2) is 18.8. The summed E-state index contributed by atoms with van der Waals surface area (Å²) in [5, 5.41) is 0. The lowest BCUT2D eigenvalue weighted by atomic mass is 10.0. The Balaban J connectivity index is 0.000000171. The van der Waals surface area contributed by atoms with E-state index in [4.69, 9.17) is 25.4 Å².